The number of hydrogen-bond donors (Lipinski definition) is 1. The highest BCUT2D eigenvalue weighted by Crippen LogP contribution is 2.25. The number of hydrogen-bond acceptors (Lipinski definition) is 2. The van der Waals surface area contributed by atoms with Gasteiger partial charge in [0.1, 0.15) is 0 Å². The lowest BCUT2D eigenvalue weighted by Gasteiger charge is -2.12. The molecule has 2 rings (SSSR count). The van der Waals surface area contributed by atoms with Crippen LogP contribution in [-0.2, 0) is 6.42 Å². The lowest BCUT2D eigenvalue weighted by Crippen LogP contribution is -2.13. The largest absolute Gasteiger partial charge is 0.392 e. The molecule has 0 amide bonds. The summed E-state index contributed by atoms with van der Waals surface area (Å²) in [4.78, 5) is 1.08. The van der Waals surface area contributed by atoms with Gasteiger partial charge in [0.15, 0.2) is 0 Å². The van der Waals surface area contributed by atoms with Crippen LogP contribution in [0.25, 0.3) is 0 Å². The van der Waals surface area contributed by atoms with Crippen LogP contribution in [-0.4, -0.2) is 17.0 Å². The summed E-state index contributed by atoms with van der Waals surface area (Å²) in [6.45, 7) is 0. The lowest BCUT2D eigenvalue weighted by atomic mass is 10.1. The Morgan fingerprint density at radius 2 is 1.60 bits per heavy atom. The molecule has 0 fully saturated rings. The van der Waals surface area contributed by atoms with E-state index in [0.717, 1.165) is 10.5 Å². The first kappa shape index (κ1) is 16.0. The van der Waals surface area contributed by atoms with Crippen molar-refractivity contribution in [3.63, 3.8) is 0 Å². The van der Waals surface area contributed by atoms with Crippen molar-refractivity contribution in [1.82, 2.24) is 0 Å². The van der Waals surface area contributed by atoms with Crippen LogP contribution >= 0.6 is 46.6 Å². The Bertz CT molecular complexity index is 572. The third kappa shape index (κ3) is 4.87. The van der Waals surface area contributed by atoms with Gasteiger partial charge in [-0.3, -0.25) is 0 Å². The van der Waals surface area contributed by atoms with Crippen LogP contribution < -0.4 is 0 Å². The number of aliphatic hydroxyl groups is 1. The summed E-state index contributed by atoms with van der Waals surface area (Å²) in [5.41, 5.74) is 0.903. The third-order valence-corrected chi connectivity index (χ3v) is 4.72. The number of rotatable bonds is 5. The van der Waals surface area contributed by atoms with E-state index in [2.05, 4.69) is 0 Å². The Labute approximate surface area is 137 Å². The lowest BCUT2D eigenvalue weighted by molar-refractivity contribution is 0.200. The smallest absolute Gasteiger partial charge is 0.0674 e. The molecule has 0 spiro atoms. The molecule has 1 unspecified atom stereocenters. The van der Waals surface area contributed by atoms with Gasteiger partial charge in [-0.15, -0.1) is 11.8 Å². The zero-order chi connectivity index (χ0) is 14.5. The predicted octanol–water partition coefficient (Wildman–Crippen LogP) is 5.34. The van der Waals surface area contributed by atoms with Crippen molar-refractivity contribution >= 4 is 46.6 Å². The molecule has 2 aromatic rings. The van der Waals surface area contributed by atoms with Gasteiger partial charge in [-0.2, -0.15) is 0 Å². The van der Waals surface area contributed by atoms with E-state index in [1.54, 1.807) is 23.9 Å². The predicted molar refractivity (Wildman–Crippen MR) is 88.3 cm³/mol. The third-order valence-electron chi connectivity index (χ3n) is 2.73. The normalized spacial score (nSPS) is 12.4. The van der Waals surface area contributed by atoms with Crippen molar-refractivity contribution < 1.29 is 5.11 Å². The minimum atomic E-state index is -0.464. The van der Waals surface area contributed by atoms with E-state index in [9.17, 15) is 5.11 Å². The van der Waals surface area contributed by atoms with Crippen molar-refractivity contribution in [3.8, 4) is 0 Å². The summed E-state index contributed by atoms with van der Waals surface area (Å²) in [5.74, 6) is 0.598. The maximum Gasteiger partial charge on any atom is 0.0674 e. The van der Waals surface area contributed by atoms with Crippen molar-refractivity contribution in [2.45, 2.75) is 17.4 Å². The maximum atomic E-state index is 10.1. The minimum absolute atomic E-state index is 0.464. The van der Waals surface area contributed by atoms with E-state index in [4.69, 9.17) is 34.8 Å². The topological polar surface area (TPSA) is 20.2 Å². The monoisotopic (exact) mass is 346 g/mol. The molecule has 0 radical (unpaired) electrons. The molecule has 0 aliphatic carbocycles. The Morgan fingerprint density at radius 3 is 2.25 bits per heavy atom. The van der Waals surface area contributed by atoms with Crippen molar-refractivity contribution in [2.24, 2.45) is 0 Å². The SMILES string of the molecule is OC(CSc1ccc(Cl)cc1)Cc1ccc(Cl)cc1Cl. The molecule has 2 aromatic carbocycles. The van der Waals surface area contributed by atoms with Gasteiger partial charge in [0.2, 0.25) is 0 Å². The van der Waals surface area contributed by atoms with Crippen molar-refractivity contribution in [1.29, 1.82) is 0 Å². The first-order chi connectivity index (χ1) is 9.54. The molecule has 5 heteroatoms. The number of aliphatic hydroxyl groups excluding tert-OH is 1. The fraction of sp³-hybridized carbons (Fsp3) is 0.200. The number of thioether (sulfide) groups is 1. The quantitative estimate of drug-likeness (QED) is 0.736. The summed E-state index contributed by atoms with van der Waals surface area (Å²) in [5, 5.41) is 12.0. The van der Waals surface area contributed by atoms with Gasteiger partial charge in [-0.25, -0.2) is 0 Å². The number of halogens is 3. The first-order valence-corrected chi connectivity index (χ1v) is 8.17. The summed E-state index contributed by atoms with van der Waals surface area (Å²) in [6.07, 6.45) is 0.0469. The van der Waals surface area contributed by atoms with Crippen LogP contribution in [0.2, 0.25) is 15.1 Å². The highest BCUT2D eigenvalue weighted by molar-refractivity contribution is 7.99. The van der Waals surface area contributed by atoms with E-state index in [-0.39, 0.29) is 0 Å². The Balaban J connectivity index is 1.89. The molecule has 0 saturated carbocycles. The fourth-order valence-corrected chi connectivity index (χ4v) is 3.17. The van der Waals surface area contributed by atoms with Crippen LogP contribution in [0.4, 0.5) is 0 Å². The second-order valence-electron chi connectivity index (χ2n) is 4.36. The molecule has 0 aromatic heterocycles. The van der Waals surface area contributed by atoms with Gasteiger partial charge in [-0.05, 0) is 42.0 Å². The Hall–Kier alpha value is -0.380. The van der Waals surface area contributed by atoms with Crippen molar-refractivity contribution in [2.75, 3.05) is 5.75 Å². The van der Waals surface area contributed by atoms with Gasteiger partial charge in [0.25, 0.3) is 0 Å². The van der Waals surface area contributed by atoms with Crippen LogP contribution in [0.1, 0.15) is 5.56 Å². The fourth-order valence-electron chi connectivity index (χ4n) is 1.72. The zero-order valence-electron chi connectivity index (χ0n) is 10.5. The molecular formula is C15H13Cl3OS. The highest BCUT2D eigenvalue weighted by atomic mass is 35.5. The molecule has 20 heavy (non-hydrogen) atoms. The van der Waals surface area contributed by atoms with E-state index >= 15 is 0 Å². The molecule has 0 aliphatic rings. The Morgan fingerprint density at radius 1 is 0.950 bits per heavy atom. The van der Waals surface area contributed by atoms with Crippen LogP contribution in [0, 0.1) is 0 Å². The van der Waals surface area contributed by atoms with Gasteiger partial charge < -0.3 is 5.11 Å². The molecule has 106 valence electrons. The molecule has 1 N–H and O–H groups in total. The van der Waals surface area contributed by atoms with Crippen molar-refractivity contribution in [3.05, 3.63) is 63.1 Å². The van der Waals surface area contributed by atoms with Gasteiger partial charge in [0.05, 0.1) is 6.10 Å². The first-order valence-electron chi connectivity index (χ1n) is 6.05. The summed E-state index contributed by atoms with van der Waals surface area (Å²) < 4.78 is 0. The summed E-state index contributed by atoms with van der Waals surface area (Å²) in [6, 6.07) is 12.9. The molecular weight excluding hydrogens is 335 g/mol. The second-order valence-corrected chi connectivity index (χ2v) is 6.73. The van der Waals surface area contributed by atoms with Crippen LogP contribution in [0.15, 0.2) is 47.4 Å². The summed E-state index contributed by atoms with van der Waals surface area (Å²) in [7, 11) is 0. The van der Waals surface area contributed by atoms with Crippen LogP contribution in [0.3, 0.4) is 0 Å². The maximum absolute atomic E-state index is 10.1. The summed E-state index contributed by atoms with van der Waals surface area (Å²) >= 11 is 19.4. The van der Waals surface area contributed by atoms with E-state index < -0.39 is 6.10 Å². The van der Waals surface area contributed by atoms with E-state index in [1.165, 1.54) is 0 Å². The van der Waals surface area contributed by atoms with E-state index in [0.29, 0.717) is 27.2 Å². The zero-order valence-corrected chi connectivity index (χ0v) is 13.6. The van der Waals surface area contributed by atoms with Gasteiger partial charge >= 0.3 is 0 Å². The van der Waals surface area contributed by atoms with E-state index in [1.807, 2.05) is 30.3 Å². The molecule has 1 atom stereocenters. The second kappa shape index (κ2) is 7.58. The average molecular weight is 348 g/mol. The number of benzene rings is 2. The molecule has 1 nitrogen and oxygen atoms in total. The van der Waals surface area contributed by atoms with Gasteiger partial charge in [-0.1, -0.05) is 40.9 Å². The molecule has 0 aliphatic heterocycles. The highest BCUT2D eigenvalue weighted by Gasteiger charge is 2.09. The standard InChI is InChI=1S/C15H13Cl3OS/c16-11-3-5-14(6-4-11)20-9-13(19)7-10-1-2-12(17)8-15(10)18/h1-6,8,13,19H,7,9H2. The molecule has 0 heterocycles. The Kier molecular flexibility index (Phi) is 6.06. The minimum Gasteiger partial charge on any atom is -0.392 e. The van der Waals surface area contributed by atoms with Gasteiger partial charge in [0, 0.05) is 32.1 Å². The molecule has 0 saturated heterocycles. The average Bonchev–Trinajstić information content (AvgIpc) is 2.41. The van der Waals surface area contributed by atoms with Crippen LogP contribution in [0.5, 0.6) is 0 Å². The molecule has 0 bridgehead atoms.